The van der Waals surface area contributed by atoms with Gasteiger partial charge in [-0.15, -0.1) is 0 Å². The van der Waals surface area contributed by atoms with E-state index < -0.39 is 41.5 Å². The van der Waals surface area contributed by atoms with Gasteiger partial charge in [0.25, 0.3) is 5.91 Å². The summed E-state index contributed by atoms with van der Waals surface area (Å²) in [6.45, 7) is 1.37. The third kappa shape index (κ3) is 3.89. The normalized spacial score (nSPS) is 10.4. The highest BCUT2D eigenvalue weighted by molar-refractivity contribution is 5.99. The molecule has 0 aliphatic rings. The predicted octanol–water partition coefficient (Wildman–Crippen LogP) is 2.52. The molecule has 8 heteroatoms. The van der Waals surface area contributed by atoms with Gasteiger partial charge >= 0.3 is 0 Å². The number of benzene rings is 1. The zero-order valence-corrected chi connectivity index (χ0v) is 12.9. The SMILES string of the molecule is Cc1ccc(C(=O)N(C)CC(=O)Nc2ccc(F)c(F)c2F)cn1. The Morgan fingerprint density at radius 3 is 2.46 bits per heavy atom. The standard InChI is InChI=1S/C16H14F3N3O2/c1-9-3-4-10(7-20-9)16(24)22(2)8-13(23)21-12-6-5-11(17)14(18)15(12)19/h3-7H,8H2,1-2H3,(H,21,23). The molecule has 0 saturated heterocycles. The zero-order chi connectivity index (χ0) is 17.9. The highest BCUT2D eigenvalue weighted by Crippen LogP contribution is 2.19. The first-order chi connectivity index (χ1) is 11.3. The Kier molecular flexibility index (Phi) is 5.18. The second-order valence-corrected chi connectivity index (χ2v) is 5.12. The maximum absolute atomic E-state index is 13.5. The molecule has 0 saturated carbocycles. The Balaban J connectivity index is 2.03. The lowest BCUT2D eigenvalue weighted by atomic mass is 10.2. The van der Waals surface area contributed by atoms with Crippen LogP contribution in [0.2, 0.25) is 0 Å². The Hall–Kier alpha value is -2.90. The number of halogens is 3. The first-order valence-corrected chi connectivity index (χ1v) is 6.91. The van der Waals surface area contributed by atoms with Gasteiger partial charge in [-0.2, -0.15) is 0 Å². The number of anilines is 1. The fourth-order valence-corrected chi connectivity index (χ4v) is 1.91. The van der Waals surface area contributed by atoms with Crippen molar-refractivity contribution < 1.29 is 22.8 Å². The van der Waals surface area contributed by atoms with Crippen LogP contribution in [0.5, 0.6) is 0 Å². The largest absolute Gasteiger partial charge is 0.332 e. The number of amides is 2. The van der Waals surface area contributed by atoms with Gasteiger partial charge in [0.2, 0.25) is 5.91 Å². The van der Waals surface area contributed by atoms with Crippen LogP contribution in [0.1, 0.15) is 16.1 Å². The van der Waals surface area contributed by atoms with Crippen LogP contribution in [0.15, 0.2) is 30.5 Å². The van der Waals surface area contributed by atoms with E-state index in [1.165, 1.54) is 13.2 Å². The number of hydrogen-bond acceptors (Lipinski definition) is 3. The molecule has 0 radical (unpaired) electrons. The number of nitrogens with zero attached hydrogens (tertiary/aromatic N) is 2. The molecule has 1 N–H and O–H groups in total. The van der Waals surface area contributed by atoms with Gasteiger partial charge < -0.3 is 10.2 Å². The Labute approximate surface area is 136 Å². The quantitative estimate of drug-likeness (QED) is 0.872. The number of pyridine rings is 1. The highest BCUT2D eigenvalue weighted by Gasteiger charge is 2.18. The lowest BCUT2D eigenvalue weighted by Gasteiger charge is -2.17. The molecule has 0 atom stereocenters. The summed E-state index contributed by atoms with van der Waals surface area (Å²) in [5, 5.41) is 2.09. The summed E-state index contributed by atoms with van der Waals surface area (Å²) in [7, 11) is 1.38. The van der Waals surface area contributed by atoms with Gasteiger partial charge in [0.15, 0.2) is 17.5 Å². The molecule has 126 valence electrons. The zero-order valence-electron chi connectivity index (χ0n) is 12.9. The molecule has 2 aromatic rings. The van der Waals surface area contributed by atoms with Crippen LogP contribution >= 0.6 is 0 Å². The van der Waals surface area contributed by atoms with Crippen LogP contribution in [-0.2, 0) is 4.79 Å². The van der Waals surface area contributed by atoms with E-state index in [2.05, 4.69) is 10.3 Å². The maximum atomic E-state index is 13.5. The average molecular weight is 337 g/mol. The van der Waals surface area contributed by atoms with Crippen molar-refractivity contribution in [3.8, 4) is 0 Å². The Morgan fingerprint density at radius 2 is 1.83 bits per heavy atom. The summed E-state index contributed by atoms with van der Waals surface area (Å²) in [6, 6.07) is 4.81. The number of rotatable bonds is 4. The summed E-state index contributed by atoms with van der Waals surface area (Å²) in [4.78, 5) is 29.1. The summed E-state index contributed by atoms with van der Waals surface area (Å²) < 4.78 is 39.5. The molecule has 0 aliphatic carbocycles. The molecule has 2 rings (SSSR count). The Bertz CT molecular complexity index is 779. The maximum Gasteiger partial charge on any atom is 0.255 e. The van der Waals surface area contributed by atoms with E-state index in [0.717, 1.165) is 16.7 Å². The van der Waals surface area contributed by atoms with Gasteiger partial charge in [-0.3, -0.25) is 14.6 Å². The fourth-order valence-electron chi connectivity index (χ4n) is 1.91. The molecular weight excluding hydrogens is 323 g/mol. The lowest BCUT2D eigenvalue weighted by Crippen LogP contribution is -2.35. The van der Waals surface area contributed by atoms with E-state index in [1.54, 1.807) is 19.1 Å². The third-order valence-electron chi connectivity index (χ3n) is 3.20. The third-order valence-corrected chi connectivity index (χ3v) is 3.20. The lowest BCUT2D eigenvalue weighted by molar-refractivity contribution is -0.116. The Morgan fingerprint density at radius 1 is 1.12 bits per heavy atom. The van der Waals surface area contributed by atoms with E-state index in [9.17, 15) is 22.8 Å². The number of aromatic nitrogens is 1. The number of likely N-dealkylation sites (N-methyl/N-ethyl adjacent to an activating group) is 1. The van der Waals surface area contributed by atoms with E-state index in [4.69, 9.17) is 0 Å². The molecule has 0 aliphatic heterocycles. The van der Waals surface area contributed by atoms with Crippen LogP contribution in [0.3, 0.4) is 0 Å². The first-order valence-electron chi connectivity index (χ1n) is 6.91. The summed E-state index contributed by atoms with van der Waals surface area (Å²) in [6.07, 6.45) is 1.38. The molecule has 0 bridgehead atoms. The molecular formula is C16H14F3N3O2. The van der Waals surface area contributed by atoms with Gasteiger partial charge in [0, 0.05) is 18.9 Å². The van der Waals surface area contributed by atoms with Gasteiger partial charge in [-0.1, -0.05) is 0 Å². The van der Waals surface area contributed by atoms with Gasteiger partial charge in [-0.25, -0.2) is 13.2 Å². The van der Waals surface area contributed by atoms with E-state index in [1.807, 2.05) is 0 Å². The molecule has 1 heterocycles. The number of nitrogens with one attached hydrogen (secondary N) is 1. The van der Waals surface area contributed by atoms with Crippen molar-refractivity contribution in [1.29, 1.82) is 0 Å². The second kappa shape index (κ2) is 7.12. The minimum atomic E-state index is -1.68. The molecule has 0 spiro atoms. The molecule has 1 aromatic carbocycles. The van der Waals surface area contributed by atoms with Crippen LogP contribution in [0.4, 0.5) is 18.9 Å². The van der Waals surface area contributed by atoms with Gasteiger partial charge in [0.05, 0.1) is 17.8 Å². The first kappa shape index (κ1) is 17.5. The van der Waals surface area contributed by atoms with Crippen LogP contribution in [0, 0.1) is 24.4 Å². The molecule has 1 aromatic heterocycles. The fraction of sp³-hybridized carbons (Fsp3) is 0.188. The molecule has 24 heavy (non-hydrogen) atoms. The number of aryl methyl sites for hydroxylation is 1. The number of carbonyl (C=O) groups is 2. The van der Waals surface area contributed by atoms with Crippen LogP contribution < -0.4 is 5.32 Å². The van der Waals surface area contributed by atoms with Crippen molar-refractivity contribution >= 4 is 17.5 Å². The monoisotopic (exact) mass is 337 g/mol. The summed E-state index contributed by atoms with van der Waals surface area (Å²) >= 11 is 0. The summed E-state index contributed by atoms with van der Waals surface area (Å²) in [5.74, 6) is -5.74. The van der Waals surface area contributed by atoms with Crippen LogP contribution in [-0.4, -0.2) is 35.3 Å². The van der Waals surface area contributed by atoms with Crippen molar-refractivity contribution in [3.63, 3.8) is 0 Å². The number of hydrogen-bond donors (Lipinski definition) is 1. The van der Waals surface area contributed by atoms with Crippen molar-refractivity contribution in [2.24, 2.45) is 0 Å². The molecule has 5 nitrogen and oxygen atoms in total. The van der Waals surface area contributed by atoms with Gasteiger partial charge in [0.1, 0.15) is 0 Å². The van der Waals surface area contributed by atoms with Gasteiger partial charge in [-0.05, 0) is 31.2 Å². The van der Waals surface area contributed by atoms with Crippen molar-refractivity contribution in [2.45, 2.75) is 6.92 Å². The van der Waals surface area contributed by atoms with E-state index >= 15 is 0 Å². The summed E-state index contributed by atoms with van der Waals surface area (Å²) in [5.41, 5.74) is 0.521. The molecule has 2 amide bonds. The minimum absolute atomic E-state index is 0.287. The predicted molar refractivity (Wildman–Crippen MR) is 80.9 cm³/mol. The van der Waals surface area contributed by atoms with Crippen molar-refractivity contribution in [1.82, 2.24) is 9.88 Å². The topological polar surface area (TPSA) is 62.3 Å². The number of carbonyl (C=O) groups excluding carboxylic acids is 2. The molecule has 0 fully saturated rings. The smallest absolute Gasteiger partial charge is 0.255 e. The van der Waals surface area contributed by atoms with Crippen LogP contribution in [0.25, 0.3) is 0 Å². The average Bonchev–Trinajstić information content (AvgIpc) is 2.55. The second-order valence-electron chi connectivity index (χ2n) is 5.12. The minimum Gasteiger partial charge on any atom is -0.332 e. The van der Waals surface area contributed by atoms with E-state index in [0.29, 0.717) is 6.07 Å². The molecule has 0 unspecified atom stereocenters. The van der Waals surface area contributed by atoms with Crippen molar-refractivity contribution in [3.05, 3.63) is 59.2 Å². The van der Waals surface area contributed by atoms with E-state index in [-0.39, 0.29) is 5.56 Å². The highest BCUT2D eigenvalue weighted by atomic mass is 19.2. The van der Waals surface area contributed by atoms with Crippen molar-refractivity contribution in [2.75, 3.05) is 18.9 Å².